The van der Waals surface area contributed by atoms with Crippen molar-refractivity contribution >= 4 is 39.7 Å². The van der Waals surface area contributed by atoms with E-state index in [1.807, 2.05) is 51.5 Å². The standard InChI is InChI=1S/C19H21N9/c1-11-4-5-14-12(10-23-26-14)18(11)25-19(20)13-9-22-17(8-15(13)21-2)24-16-6-7-28(3)27-16/h4-10H,1-3H3,(H2,20,25)(H,23,26)(H2,21,22,24,27). The van der Waals surface area contributed by atoms with Crippen molar-refractivity contribution < 1.29 is 0 Å². The van der Waals surface area contributed by atoms with E-state index in [0.717, 1.165) is 27.8 Å². The third-order valence-corrected chi connectivity index (χ3v) is 4.45. The molecule has 0 saturated heterocycles. The lowest BCUT2D eigenvalue weighted by Crippen LogP contribution is -2.16. The zero-order valence-electron chi connectivity index (χ0n) is 15.9. The van der Waals surface area contributed by atoms with E-state index in [-0.39, 0.29) is 0 Å². The molecular weight excluding hydrogens is 354 g/mol. The van der Waals surface area contributed by atoms with Gasteiger partial charge in [-0.05, 0) is 18.6 Å². The predicted molar refractivity (Wildman–Crippen MR) is 111 cm³/mol. The van der Waals surface area contributed by atoms with E-state index < -0.39 is 0 Å². The summed E-state index contributed by atoms with van der Waals surface area (Å²) in [6, 6.07) is 7.71. The van der Waals surface area contributed by atoms with Crippen LogP contribution in [0, 0.1) is 6.92 Å². The number of aryl methyl sites for hydroxylation is 2. The van der Waals surface area contributed by atoms with E-state index in [9.17, 15) is 0 Å². The summed E-state index contributed by atoms with van der Waals surface area (Å²) in [4.78, 5) is 9.12. The van der Waals surface area contributed by atoms with Crippen LogP contribution in [0.4, 0.5) is 23.0 Å². The Kier molecular flexibility index (Phi) is 4.40. The minimum Gasteiger partial charge on any atom is -0.387 e. The number of pyridine rings is 1. The Bertz CT molecular complexity index is 1170. The van der Waals surface area contributed by atoms with Crippen molar-refractivity contribution in [3.05, 3.63) is 54.0 Å². The van der Waals surface area contributed by atoms with E-state index >= 15 is 0 Å². The number of anilines is 3. The van der Waals surface area contributed by atoms with Gasteiger partial charge >= 0.3 is 0 Å². The van der Waals surface area contributed by atoms with Gasteiger partial charge in [0.05, 0.1) is 28.7 Å². The molecule has 3 heterocycles. The van der Waals surface area contributed by atoms with Crippen LogP contribution in [0.25, 0.3) is 10.9 Å². The Labute approximate surface area is 161 Å². The Morgan fingerprint density at radius 3 is 2.82 bits per heavy atom. The fraction of sp³-hybridized carbons (Fsp3) is 0.158. The molecule has 4 aromatic rings. The van der Waals surface area contributed by atoms with Crippen molar-refractivity contribution in [3.63, 3.8) is 0 Å². The SMILES string of the molecule is CNc1cc(Nc2ccn(C)n2)ncc1C(N)=Nc1c(C)ccc2[nH]ncc12. The molecule has 9 heteroatoms. The zero-order chi connectivity index (χ0) is 19.7. The molecule has 28 heavy (non-hydrogen) atoms. The highest BCUT2D eigenvalue weighted by Gasteiger charge is 2.12. The highest BCUT2D eigenvalue weighted by molar-refractivity contribution is 6.06. The fourth-order valence-corrected chi connectivity index (χ4v) is 2.99. The molecule has 3 aromatic heterocycles. The second-order valence-corrected chi connectivity index (χ2v) is 6.42. The normalized spacial score (nSPS) is 11.8. The van der Waals surface area contributed by atoms with Gasteiger partial charge in [-0.1, -0.05) is 6.07 Å². The predicted octanol–water partition coefficient (Wildman–Crippen LogP) is 2.82. The van der Waals surface area contributed by atoms with E-state index in [1.165, 1.54) is 0 Å². The maximum atomic E-state index is 6.34. The van der Waals surface area contributed by atoms with E-state index in [0.29, 0.717) is 23.0 Å². The molecule has 0 aliphatic carbocycles. The second kappa shape index (κ2) is 7.03. The van der Waals surface area contributed by atoms with Gasteiger partial charge in [-0.15, -0.1) is 0 Å². The largest absolute Gasteiger partial charge is 0.387 e. The quantitative estimate of drug-likeness (QED) is 0.314. The van der Waals surface area contributed by atoms with Gasteiger partial charge < -0.3 is 16.4 Å². The van der Waals surface area contributed by atoms with E-state index in [4.69, 9.17) is 5.73 Å². The van der Waals surface area contributed by atoms with Crippen LogP contribution in [-0.2, 0) is 7.05 Å². The van der Waals surface area contributed by atoms with E-state index in [1.54, 1.807) is 17.1 Å². The minimum absolute atomic E-state index is 0.373. The van der Waals surface area contributed by atoms with Crippen LogP contribution >= 0.6 is 0 Å². The first-order valence-electron chi connectivity index (χ1n) is 8.77. The van der Waals surface area contributed by atoms with Crippen molar-refractivity contribution in [1.29, 1.82) is 0 Å². The molecule has 0 spiro atoms. The average molecular weight is 375 g/mol. The van der Waals surface area contributed by atoms with Crippen LogP contribution in [-0.4, -0.2) is 37.8 Å². The molecule has 4 rings (SSSR count). The summed E-state index contributed by atoms with van der Waals surface area (Å²) >= 11 is 0. The lowest BCUT2D eigenvalue weighted by molar-refractivity contribution is 0.771. The average Bonchev–Trinajstić information content (AvgIpc) is 3.32. The van der Waals surface area contributed by atoms with Crippen molar-refractivity contribution in [2.24, 2.45) is 17.8 Å². The van der Waals surface area contributed by atoms with Gasteiger partial charge in [0.1, 0.15) is 11.7 Å². The maximum absolute atomic E-state index is 6.34. The number of aromatic amines is 1. The summed E-state index contributed by atoms with van der Waals surface area (Å²) in [7, 11) is 3.69. The van der Waals surface area contributed by atoms with E-state index in [2.05, 4.69) is 35.9 Å². The van der Waals surface area contributed by atoms with Crippen molar-refractivity contribution in [2.75, 3.05) is 17.7 Å². The van der Waals surface area contributed by atoms with Crippen LogP contribution in [0.5, 0.6) is 0 Å². The maximum Gasteiger partial charge on any atom is 0.153 e. The summed E-state index contributed by atoms with van der Waals surface area (Å²) in [5, 5.41) is 18.6. The van der Waals surface area contributed by atoms with Gasteiger partial charge in [-0.2, -0.15) is 10.2 Å². The number of benzene rings is 1. The molecule has 0 bridgehead atoms. The molecule has 1 aromatic carbocycles. The van der Waals surface area contributed by atoms with Crippen LogP contribution in [0.15, 0.2) is 47.8 Å². The Morgan fingerprint density at radius 1 is 1.21 bits per heavy atom. The number of nitrogens with two attached hydrogens (primary N) is 1. The second-order valence-electron chi connectivity index (χ2n) is 6.42. The molecular formula is C19H21N9. The van der Waals surface area contributed by atoms with Gasteiger partial charge in [0.25, 0.3) is 0 Å². The number of nitrogens with one attached hydrogen (secondary N) is 3. The molecule has 9 nitrogen and oxygen atoms in total. The molecule has 0 atom stereocenters. The lowest BCUT2D eigenvalue weighted by atomic mass is 10.1. The summed E-state index contributed by atoms with van der Waals surface area (Å²) < 4.78 is 1.72. The summed E-state index contributed by atoms with van der Waals surface area (Å²) in [5.41, 5.74) is 10.6. The third-order valence-electron chi connectivity index (χ3n) is 4.45. The number of nitrogens with zero attached hydrogens (tertiary/aromatic N) is 5. The number of aromatic nitrogens is 5. The lowest BCUT2D eigenvalue weighted by Gasteiger charge is -2.11. The first-order valence-corrected chi connectivity index (χ1v) is 8.77. The molecule has 0 saturated carbocycles. The molecule has 0 unspecified atom stereocenters. The Morgan fingerprint density at radius 2 is 2.07 bits per heavy atom. The van der Waals surface area contributed by atoms with Gasteiger partial charge in [-0.3, -0.25) is 9.78 Å². The fourth-order valence-electron chi connectivity index (χ4n) is 2.99. The summed E-state index contributed by atoms with van der Waals surface area (Å²) in [6.45, 7) is 2.00. The third kappa shape index (κ3) is 3.25. The number of aliphatic imine (C=N–C) groups is 1. The van der Waals surface area contributed by atoms with Gasteiger partial charge in [-0.25, -0.2) is 9.98 Å². The molecule has 0 aliphatic heterocycles. The number of H-pyrrole nitrogens is 1. The number of rotatable bonds is 5. The smallest absolute Gasteiger partial charge is 0.153 e. The molecule has 0 aliphatic rings. The first kappa shape index (κ1) is 17.5. The van der Waals surface area contributed by atoms with Gasteiger partial charge in [0.15, 0.2) is 5.82 Å². The monoisotopic (exact) mass is 375 g/mol. The van der Waals surface area contributed by atoms with Crippen LogP contribution in [0.1, 0.15) is 11.1 Å². The number of hydrogen-bond donors (Lipinski definition) is 4. The highest BCUT2D eigenvalue weighted by atomic mass is 15.3. The summed E-state index contributed by atoms with van der Waals surface area (Å²) in [5.74, 6) is 1.75. The van der Waals surface area contributed by atoms with Crippen LogP contribution in [0.2, 0.25) is 0 Å². The highest BCUT2D eigenvalue weighted by Crippen LogP contribution is 2.29. The summed E-state index contributed by atoms with van der Waals surface area (Å²) in [6.07, 6.45) is 5.31. The van der Waals surface area contributed by atoms with Crippen molar-refractivity contribution in [2.45, 2.75) is 6.92 Å². The molecule has 0 fully saturated rings. The Balaban J connectivity index is 1.70. The van der Waals surface area contributed by atoms with Crippen molar-refractivity contribution in [1.82, 2.24) is 25.0 Å². The van der Waals surface area contributed by atoms with Crippen LogP contribution in [0.3, 0.4) is 0 Å². The molecule has 5 N–H and O–H groups in total. The van der Waals surface area contributed by atoms with Gasteiger partial charge in [0.2, 0.25) is 0 Å². The Hall–Kier alpha value is -3.88. The van der Waals surface area contributed by atoms with Crippen LogP contribution < -0.4 is 16.4 Å². The molecule has 142 valence electrons. The zero-order valence-corrected chi connectivity index (χ0v) is 15.9. The van der Waals surface area contributed by atoms with Crippen molar-refractivity contribution in [3.8, 4) is 0 Å². The molecule has 0 radical (unpaired) electrons. The number of hydrogen-bond acceptors (Lipinski definition) is 6. The number of fused-ring (bicyclic) bond motifs is 1. The first-order chi connectivity index (χ1) is 13.5. The topological polar surface area (TPSA) is 122 Å². The minimum atomic E-state index is 0.373. The van der Waals surface area contributed by atoms with Gasteiger partial charge in [0, 0.05) is 44.0 Å². The molecule has 0 amide bonds. The number of amidine groups is 1.